The van der Waals surface area contributed by atoms with Gasteiger partial charge in [0.15, 0.2) is 0 Å². The molecule has 0 aliphatic rings. The van der Waals surface area contributed by atoms with Crippen molar-refractivity contribution in [2.45, 2.75) is 33.6 Å². The Morgan fingerprint density at radius 2 is 2.12 bits per heavy atom. The van der Waals surface area contributed by atoms with Gasteiger partial charge in [0, 0.05) is 16.4 Å². The minimum atomic E-state index is 0.684. The third kappa shape index (κ3) is 6.18. The summed E-state index contributed by atoms with van der Waals surface area (Å²) in [6.45, 7) is 8.86. The van der Waals surface area contributed by atoms with Gasteiger partial charge in [-0.25, -0.2) is 0 Å². The second kappa shape index (κ2) is 7.83. The van der Waals surface area contributed by atoms with Gasteiger partial charge in [-0.1, -0.05) is 20.8 Å². The smallest absolute Gasteiger partial charge is 0.0413 e. The van der Waals surface area contributed by atoms with E-state index in [1.807, 2.05) is 6.20 Å². The summed E-state index contributed by atoms with van der Waals surface area (Å²) < 4.78 is 1.05. The predicted molar refractivity (Wildman–Crippen MR) is 77.1 cm³/mol. The maximum absolute atomic E-state index is 4.46. The van der Waals surface area contributed by atoms with E-state index in [0.717, 1.165) is 29.9 Å². The fourth-order valence-electron chi connectivity index (χ4n) is 2.08. The second-order valence-corrected chi connectivity index (χ2v) is 5.89. The third-order valence-corrected chi connectivity index (χ3v) is 3.24. The first-order chi connectivity index (χ1) is 8.11. The maximum Gasteiger partial charge on any atom is 0.0413 e. The van der Waals surface area contributed by atoms with E-state index in [0.29, 0.717) is 5.92 Å². The summed E-state index contributed by atoms with van der Waals surface area (Å²) >= 11 is 3.42. The van der Waals surface area contributed by atoms with Gasteiger partial charge in [-0.05, 0) is 65.8 Å². The van der Waals surface area contributed by atoms with Crippen molar-refractivity contribution in [1.29, 1.82) is 0 Å². The largest absolute Gasteiger partial charge is 0.317 e. The SMILES string of the molecule is CCNCC(Cc1ccc(Br)cn1)CC(C)C. The molecule has 0 saturated heterocycles. The molecule has 1 N–H and O–H groups in total. The number of rotatable bonds is 7. The fourth-order valence-corrected chi connectivity index (χ4v) is 2.31. The Balaban J connectivity index is 2.54. The lowest BCUT2D eigenvalue weighted by molar-refractivity contribution is 0.386. The zero-order valence-electron chi connectivity index (χ0n) is 11.0. The van der Waals surface area contributed by atoms with Crippen molar-refractivity contribution in [3.63, 3.8) is 0 Å². The average Bonchev–Trinajstić information content (AvgIpc) is 2.28. The standard InChI is InChI=1S/C14H23BrN2/c1-4-16-9-12(7-11(2)3)8-14-6-5-13(15)10-17-14/h5-6,10-12,16H,4,7-9H2,1-3H3. The van der Waals surface area contributed by atoms with Crippen LogP contribution in [0.15, 0.2) is 22.8 Å². The molecule has 1 unspecified atom stereocenters. The molecule has 2 nitrogen and oxygen atoms in total. The number of hydrogen-bond donors (Lipinski definition) is 1. The molecule has 0 bridgehead atoms. The molecule has 96 valence electrons. The molecule has 1 atom stereocenters. The van der Waals surface area contributed by atoms with Crippen molar-refractivity contribution < 1.29 is 0 Å². The Bertz CT molecular complexity index is 309. The number of hydrogen-bond acceptors (Lipinski definition) is 2. The Morgan fingerprint density at radius 1 is 1.35 bits per heavy atom. The molecule has 0 fully saturated rings. The molecule has 0 aromatic carbocycles. The lowest BCUT2D eigenvalue weighted by Crippen LogP contribution is -2.25. The van der Waals surface area contributed by atoms with Crippen molar-refractivity contribution in [2.24, 2.45) is 11.8 Å². The van der Waals surface area contributed by atoms with Gasteiger partial charge in [0.05, 0.1) is 0 Å². The van der Waals surface area contributed by atoms with Crippen LogP contribution in [-0.4, -0.2) is 18.1 Å². The van der Waals surface area contributed by atoms with E-state index in [4.69, 9.17) is 0 Å². The fraction of sp³-hybridized carbons (Fsp3) is 0.643. The first kappa shape index (κ1) is 14.7. The highest BCUT2D eigenvalue weighted by Gasteiger charge is 2.12. The van der Waals surface area contributed by atoms with Crippen molar-refractivity contribution in [1.82, 2.24) is 10.3 Å². The zero-order chi connectivity index (χ0) is 12.7. The molecular formula is C14H23BrN2. The molecule has 1 heterocycles. The lowest BCUT2D eigenvalue weighted by atomic mass is 9.92. The number of aromatic nitrogens is 1. The lowest BCUT2D eigenvalue weighted by Gasteiger charge is -2.19. The molecule has 17 heavy (non-hydrogen) atoms. The molecule has 1 aromatic rings. The Labute approximate surface area is 113 Å². The zero-order valence-corrected chi connectivity index (χ0v) is 12.6. The summed E-state index contributed by atoms with van der Waals surface area (Å²) in [6, 6.07) is 4.19. The molecule has 0 spiro atoms. The monoisotopic (exact) mass is 298 g/mol. The Kier molecular flexibility index (Phi) is 6.75. The number of halogens is 1. The van der Waals surface area contributed by atoms with Crippen LogP contribution in [-0.2, 0) is 6.42 Å². The maximum atomic E-state index is 4.46. The Hall–Kier alpha value is -0.410. The quantitative estimate of drug-likeness (QED) is 0.831. The van der Waals surface area contributed by atoms with Crippen LogP contribution in [0.1, 0.15) is 32.9 Å². The molecule has 0 aliphatic carbocycles. The van der Waals surface area contributed by atoms with Crippen molar-refractivity contribution in [3.05, 3.63) is 28.5 Å². The summed E-state index contributed by atoms with van der Waals surface area (Å²) in [5.74, 6) is 1.43. The van der Waals surface area contributed by atoms with Gasteiger partial charge >= 0.3 is 0 Å². The average molecular weight is 299 g/mol. The van der Waals surface area contributed by atoms with Crippen LogP contribution in [0.5, 0.6) is 0 Å². The highest BCUT2D eigenvalue weighted by atomic mass is 79.9. The van der Waals surface area contributed by atoms with Gasteiger partial charge in [-0.2, -0.15) is 0 Å². The normalized spacial score (nSPS) is 13.0. The highest BCUT2D eigenvalue weighted by Crippen LogP contribution is 2.17. The van der Waals surface area contributed by atoms with Crippen LogP contribution in [0.2, 0.25) is 0 Å². The first-order valence-corrected chi connectivity index (χ1v) is 7.22. The summed E-state index contributed by atoms with van der Waals surface area (Å²) in [5, 5.41) is 3.45. The van der Waals surface area contributed by atoms with Gasteiger partial charge < -0.3 is 5.32 Å². The molecular weight excluding hydrogens is 276 g/mol. The van der Waals surface area contributed by atoms with Crippen LogP contribution >= 0.6 is 15.9 Å². The second-order valence-electron chi connectivity index (χ2n) is 4.98. The van der Waals surface area contributed by atoms with Crippen LogP contribution < -0.4 is 5.32 Å². The van der Waals surface area contributed by atoms with Gasteiger partial charge in [0.25, 0.3) is 0 Å². The molecule has 3 heteroatoms. The minimum absolute atomic E-state index is 0.684. The summed E-state index contributed by atoms with van der Waals surface area (Å²) in [5.41, 5.74) is 1.19. The third-order valence-electron chi connectivity index (χ3n) is 2.77. The molecule has 0 saturated carbocycles. The van der Waals surface area contributed by atoms with Crippen LogP contribution in [0, 0.1) is 11.8 Å². The van der Waals surface area contributed by atoms with E-state index in [1.165, 1.54) is 12.1 Å². The van der Waals surface area contributed by atoms with Crippen LogP contribution in [0.4, 0.5) is 0 Å². The predicted octanol–water partition coefficient (Wildman–Crippen LogP) is 3.66. The summed E-state index contributed by atoms with van der Waals surface area (Å²) in [4.78, 5) is 4.46. The first-order valence-electron chi connectivity index (χ1n) is 6.43. The number of nitrogens with zero attached hydrogens (tertiary/aromatic N) is 1. The van der Waals surface area contributed by atoms with Gasteiger partial charge in [-0.3, -0.25) is 4.98 Å². The van der Waals surface area contributed by atoms with Gasteiger partial charge in [0.2, 0.25) is 0 Å². The van der Waals surface area contributed by atoms with Crippen LogP contribution in [0.3, 0.4) is 0 Å². The molecule has 0 radical (unpaired) electrons. The van der Waals surface area contributed by atoms with E-state index >= 15 is 0 Å². The molecule has 0 amide bonds. The van der Waals surface area contributed by atoms with Crippen molar-refractivity contribution >= 4 is 15.9 Å². The molecule has 1 rings (SSSR count). The van der Waals surface area contributed by atoms with E-state index in [-0.39, 0.29) is 0 Å². The molecule has 1 aromatic heterocycles. The van der Waals surface area contributed by atoms with Crippen LogP contribution in [0.25, 0.3) is 0 Å². The Morgan fingerprint density at radius 3 is 2.65 bits per heavy atom. The summed E-state index contributed by atoms with van der Waals surface area (Å²) in [7, 11) is 0. The van der Waals surface area contributed by atoms with E-state index in [1.54, 1.807) is 0 Å². The van der Waals surface area contributed by atoms with Crippen molar-refractivity contribution in [3.8, 4) is 0 Å². The highest BCUT2D eigenvalue weighted by molar-refractivity contribution is 9.10. The van der Waals surface area contributed by atoms with E-state index < -0.39 is 0 Å². The molecule has 0 aliphatic heterocycles. The van der Waals surface area contributed by atoms with Gasteiger partial charge in [0.1, 0.15) is 0 Å². The van der Waals surface area contributed by atoms with Gasteiger partial charge in [-0.15, -0.1) is 0 Å². The number of pyridine rings is 1. The summed E-state index contributed by atoms with van der Waals surface area (Å²) in [6.07, 6.45) is 4.21. The minimum Gasteiger partial charge on any atom is -0.317 e. The van der Waals surface area contributed by atoms with E-state index in [2.05, 4.69) is 59.1 Å². The number of nitrogens with one attached hydrogen (secondary N) is 1. The topological polar surface area (TPSA) is 24.9 Å². The van der Waals surface area contributed by atoms with Crippen molar-refractivity contribution in [2.75, 3.05) is 13.1 Å². The van der Waals surface area contributed by atoms with E-state index in [9.17, 15) is 0 Å².